The van der Waals surface area contributed by atoms with Crippen LogP contribution in [0.4, 0.5) is 0 Å². The lowest BCUT2D eigenvalue weighted by molar-refractivity contribution is -0.129. The predicted molar refractivity (Wildman–Crippen MR) is 119 cm³/mol. The minimum Gasteiger partial charge on any atom is -0.497 e. The second kappa shape index (κ2) is 8.97. The van der Waals surface area contributed by atoms with Gasteiger partial charge in [0.2, 0.25) is 5.90 Å². The molecular weight excluding hydrogens is 462 g/mol. The summed E-state index contributed by atoms with van der Waals surface area (Å²) in [5, 5.41) is 0. The van der Waals surface area contributed by atoms with Gasteiger partial charge in [0.05, 0.1) is 12.7 Å². The third-order valence-corrected chi connectivity index (χ3v) is 4.93. The normalized spacial score (nSPS) is 14.2. The summed E-state index contributed by atoms with van der Waals surface area (Å²) in [6.45, 7) is 0. The van der Waals surface area contributed by atoms with E-state index in [4.69, 9.17) is 14.2 Å². The van der Waals surface area contributed by atoms with E-state index in [0.717, 1.165) is 4.47 Å². The Morgan fingerprint density at radius 3 is 2.48 bits per heavy atom. The zero-order valence-electron chi connectivity index (χ0n) is 16.4. The third-order valence-electron chi connectivity index (χ3n) is 4.43. The van der Waals surface area contributed by atoms with Crippen LogP contribution in [0, 0.1) is 0 Å². The first-order chi connectivity index (χ1) is 15.0. The monoisotopic (exact) mass is 477 g/mol. The van der Waals surface area contributed by atoms with E-state index in [9.17, 15) is 9.59 Å². The van der Waals surface area contributed by atoms with Gasteiger partial charge in [0, 0.05) is 15.6 Å². The van der Waals surface area contributed by atoms with Crippen molar-refractivity contribution in [2.45, 2.75) is 0 Å². The number of carbonyl (C=O) groups excluding carboxylic acids is 2. The van der Waals surface area contributed by atoms with Crippen LogP contribution in [0.15, 0.2) is 88.0 Å². The molecule has 0 fully saturated rings. The highest BCUT2D eigenvalue weighted by atomic mass is 79.9. The summed E-state index contributed by atoms with van der Waals surface area (Å²) in [6, 6.07) is 20.8. The number of halogens is 1. The summed E-state index contributed by atoms with van der Waals surface area (Å²) >= 11 is 3.40. The molecule has 0 bridgehead atoms. The molecule has 4 rings (SSSR count). The average molecular weight is 478 g/mol. The highest BCUT2D eigenvalue weighted by molar-refractivity contribution is 9.10. The van der Waals surface area contributed by atoms with Gasteiger partial charge in [0.15, 0.2) is 5.70 Å². The number of rotatable bonds is 5. The van der Waals surface area contributed by atoms with Crippen LogP contribution in [0.3, 0.4) is 0 Å². The summed E-state index contributed by atoms with van der Waals surface area (Å²) < 4.78 is 16.7. The topological polar surface area (TPSA) is 74.2 Å². The summed E-state index contributed by atoms with van der Waals surface area (Å²) in [5.41, 5.74) is 1.67. The number of esters is 2. The van der Waals surface area contributed by atoms with E-state index in [2.05, 4.69) is 20.9 Å². The zero-order chi connectivity index (χ0) is 21.8. The molecule has 0 saturated carbocycles. The van der Waals surface area contributed by atoms with Crippen molar-refractivity contribution in [3.8, 4) is 11.5 Å². The van der Waals surface area contributed by atoms with Crippen LogP contribution in [-0.4, -0.2) is 24.9 Å². The number of nitrogens with zero attached hydrogens (tertiary/aromatic N) is 1. The molecule has 6 nitrogen and oxygen atoms in total. The molecule has 0 amide bonds. The summed E-state index contributed by atoms with van der Waals surface area (Å²) in [4.78, 5) is 29.2. The molecule has 3 aromatic rings. The van der Waals surface area contributed by atoms with E-state index in [-0.39, 0.29) is 17.3 Å². The Bertz CT molecular complexity index is 1200. The molecule has 1 heterocycles. The SMILES string of the molecule is COc1ccc(C(=O)Oc2ccc(Br)cc2/C=C2/N=C(c3ccccc3)OC2=O)cc1. The highest BCUT2D eigenvalue weighted by Gasteiger charge is 2.24. The van der Waals surface area contributed by atoms with E-state index in [0.29, 0.717) is 22.4 Å². The van der Waals surface area contributed by atoms with Crippen molar-refractivity contribution in [2.75, 3.05) is 7.11 Å². The smallest absolute Gasteiger partial charge is 0.363 e. The maximum absolute atomic E-state index is 12.6. The molecule has 0 radical (unpaired) electrons. The number of benzene rings is 3. The number of aliphatic imine (C=N–C) groups is 1. The van der Waals surface area contributed by atoms with Gasteiger partial charge in [-0.1, -0.05) is 34.1 Å². The van der Waals surface area contributed by atoms with Gasteiger partial charge >= 0.3 is 11.9 Å². The molecule has 0 unspecified atom stereocenters. The van der Waals surface area contributed by atoms with Crippen LogP contribution >= 0.6 is 15.9 Å². The van der Waals surface area contributed by atoms with Crippen molar-refractivity contribution in [3.63, 3.8) is 0 Å². The van der Waals surface area contributed by atoms with Crippen molar-refractivity contribution in [1.29, 1.82) is 0 Å². The van der Waals surface area contributed by atoms with Gasteiger partial charge < -0.3 is 14.2 Å². The van der Waals surface area contributed by atoms with E-state index in [1.807, 2.05) is 18.2 Å². The van der Waals surface area contributed by atoms with Crippen LogP contribution in [0.25, 0.3) is 6.08 Å². The lowest BCUT2D eigenvalue weighted by Crippen LogP contribution is -2.09. The van der Waals surface area contributed by atoms with Gasteiger partial charge in [-0.25, -0.2) is 14.6 Å². The molecule has 0 aromatic heterocycles. The minimum absolute atomic E-state index is 0.110. The van der Waals surface area contributed by atoms with Crippen LogP contribution < -0.4 is 9.47 Å². The van der Waals surface area contributed by atoms with Crippen molar-refractivity contribution >= 4 is 39.8 Å². The largest absolute Gasteiger partial charge is 0.497 e. The molecule has 0 aliphatic carbocycles. The van der Waals surface area contributed by atoms with Crippen molar-refractivity contribution < 1.29 is 23.8 Å². The van der Waals surface area contributed by atoms with Crippen LogP contribution in [-0.2, 0) is 9.53 Å². The highest BCUT2D eigenvalue weighted by Crippen LogP contribution is 2.28. The molecule has 0 saturated heterocycles. The second-order valence-electron chi connectivity index (χ2n) is 6.50. The van der Waals surface area contributed by atoms with Crippen LogP contribution in [0.5, 0.6) is 11.5 Å². The van der Waals surface area contributed by atoms with Gasteiger partial charge in [0.1, 0.15) is 11.5 Å². The Kier molecular flexibility index (Phi) is 5.95. The van der Waals surface area contributed by atoms with E-state index in [1.165, 1.54) is 6.08 Å². The molecule has 7 heteroatoms. The van der Waals surface area contributed by atoms with Gasteiger partial charge in [-0.15, -0.1) is 0 Å². The quantitative estimate of drug-likeness (QED) is 0.293. The first-order valence-electron chi connectivity index (χ1n) is 9.27. The number of cyclic esters (lactones) is 1. The molecule has 1 aliphatic heterocycles. The first kappa shape index (κ1) is 20.6. The Hall–Kier alpha value is -3.71. The molecule has 0 spiro atoms. The van der Waals surface area contributed by atoms with E-state index in [1.54, 1.807) is 61.7 Å². The van der Waals surface area contributed by atoms with Gasteiger partial charge in [-0.3, -0.25) is 0 Å². The molecule has 3 aromatic carbocycles. The molecule has 1 aliphatic rings. The second-order valence-corrected chi connectivity index (χ2v) is 7.42. The summed E-state index contributed by atoms with van der Waals surface area (Å²) in [6.07, 6.45) is 1.53. The molecule has 31 heavy (non-hydrogen) atoms. The number of carbonyl (C=O) groups is 2. The molecule has 0 atom stereocenters. The number of hydrogen-bond acceptors (Lipinski definition) is 6. The van der Waals surface area contributed by atoms with Crippen molar-refractivity contribution in [3.05, 3.63) is 99.7 Å². The third kappa shape index (κ3) is 4.73. The van der Waals surface area contributed by atoms with Crippen LogP contribution in [0.1, 0.15) is 21.5 Å². The van der Waals surface area contributed by atoms with Gasteiger partial charge in [-0.2, -0.15) is 0 Å². The van der Waals surface area contributed by atoms with E-state index >= 15 is 0 Å². The standard InChI is InChI=1S/C24H16BrNO5/c1-29-19-10-7-16(8-11-19)23(27)30-21-12-9-18(25)13-17(21)14-20-24(28)31-22(26-20)15-5-3-2-4-6-15/h2-14H,1H3/b20-14+. The Balaban J connectivity index is 1.63. The van der Waals surface area contributed by atoms with Crippen molar-refractivity contribution in [2.24, 2.45) is 4.99 Å². The maximum atomic E-state index is 12.6. The fourth-order valence-corrected chi connectivity index (χ4v) is 3.25. The lowest BCUT2D eigenvalue weighted by atomic mass is 10.1. The number of methoxy groups -OCH3 is 1. The first-order valence-corrected chi connectivity index (χ1v) is 10.1. The maximum Gasteiger partial charge on any atom is 0.363 e. The average Bonchev–Trinajstić information content (AvgIpc) is 3.16. The molecular formula is C24H16BrNO5. The zero-order valence-corrected chi connectivity index (χ0v) is 18.0. The summed E-state index contributed by atoms with van der Waals surface area (Å²) in [7, 11) is 1.55. The fraction of sp³-hybridized carbons (Fsp3) is 0.0417. The Morgan fingerprint density at radius 2 is 1.77 bits per heavy atom. The fourth-order valence-electron chi connectivity index (χ4n) is 2.87. The van der Waals surface area contributed by atoms with E-state index < -0.39 is 11.9 Å². The summed E-state index contributed by atoms with van der Waals surface area (Å²) in [5.74, 6) is 0.0344. The van der Waals surface area contributed by atoms with Gasteiger partial charge in [0.25, 0.3) is 0 Å². The lowest BCUT2D eigenvalue weighted by Gasteiger charge is -2.09. The number of hydrogen-bond donors (Lipinski definition) is 0. The Labute approximate surface area is 186 Å². The molecule has 0 N–H and O–H groups in total. The number of ether oxygens (including phenoxy) is 3. The van der Waals surface area contributed by atoms with Crippen molar-refractivity contribution in [1.82, 2.24) is 0 Å². The molecule has 154 valence electrons. The predicted octanol–water partition coefficient (Wildman–Crippen LogP) is 5.02. The minimum atomic E-state index is -0.578. The Morgan fingerprint density at radius 1 is 1.03 bits per heavy atom. The van der Waals surface area contributed by atoms with Gasteiger partial charge in [-0.05, 0) is 60.7 Å². The van der Waals surface area contributed by atoms with Crippen LogP contribution in [0.2, 0.25) is 0 Å².